The quantitative estimate of drug-likeness (QED) is 0.347. The number of nitrogens with zero attached hydrogens (tertiary/aromatic N) is 4. The number of rotatable bonds is 5. The minimum Gasteiger partial charge on any atom is -0.367 e. The summed E-state index contributed by atoms with van der Waals surface area (Å²) in [5, 5.41) is 15.3. The maximum atomic E-state index is 12.9. The molecule has 6 rings (SSSR count). The van der Waals surface area contributed by atoms with E-state index in [1.165, 1.54) is 11.8 Å². The zero-order valence-corrected chi connectivity index (χ0v) is 19.4. The number of anilines is 1. The highest BCUT2D eigenvalue weighted by Gasteiger charge is 2.32. The molecular formula is C22H22N8O4S. The number of aromatic nitrogens is 3. The second-order valence-electron chi connectivity index (χ2n) is 8.77. The van der Waals surface area contributed by atoms with Gasteiger partial charge in [0.05, 0.1) is 28.6 Å². The van der Waals surface area contributed by atoms with E-state index in [1.54, 1.807) is 21.7 Å². The van der Waals surface area contributed by atoms with Crippen molar-refractivity contribution < 1.29 is 19.2 Å². The van der Waals surface area contributed by atoms with Crippen molar-refractivity contribution in [2.45, 2.75) is 30.6 Å². The molecule has 35 heavy (non-hydrogen) atoms. The van der Waals surface area contributed by atoms with Gasteiger partial charge in [-0.25, -0.2) is 9.78 Å². The van der Waals surface area contributed by atoms with Crippen molar-refractivity contribution in [1.82, 2.24) is 35.4 Å². The van der Waals surface area contributed by atoms with E-state index < -0.39 is 11.9 Å². The summed E-state index contributed by atoms with van der Waals surface area (Å²) < 4.78 is 1.69. The minimum absolute atomic E-state index is 0.0685. The third-order valence-corrected chi connectivity index (χ3v) is 7.43. The first-order valence-corrected chi connectivity index (χ1v) is 12.2. The van der Waals surface area contributed by atoms with E-state index in [4.69, 9.17) is 4.98 Å². The van der Waals surface area contributed by atoms with Crippen molar-refractivity contribution in [2.24, 2.45) is 0 Å². The van der Waals surface area contributed by atoms with Crippen molar-refractivity contribution in [3.05, 3.63) is 40.2 Å². The molecule has 0 bridgehead atoms. The maximum absolute atomic E-state index is 12.9. The lowest BCUT2D eigenvalue weighted by molar-refractivity contribution is -0.134. The van der Waals surface area contributed by atoms with Gasteiger partial charge in [-0.2, -0.15) is 9.61 Å². The summed E-state index contributed by atoms with van der Waals surface area (Å²) in [6, 6.07) is 1.75. The van der Waals surface area contributed by atoms with Crippen LogP contribution in [-0.4, -0.2) is 68.9 Å². The molecule has 1 aliphatic carbocycles. The normalized spacial score (nSPS) is 23.4. The van der Waals surface area contributed by atoms with Crippen molar-refractivity contribution >= 4 is 53.1 Å². The standard InChI is InChI=1S/C22H22N8O4S/c31-18-10-29(6-5-23-18)21(33)16-4-3-15(35-16)13-8-17(25-12-1-2-12)30-19(26-13)11(9-24-30)7-14-20(32)28-22(34)27-14/h4,7-9,12,15,25H,1-3,5-6,10H2,(H,23,31)(H2,27,28,32,34)/b14-7-. The van der Waals surface area contributed by atoms with E-state index in [9.17, 15) is 19.2 Å². The number of piperazine rings is 1. The molecular weight excluding hydrogens is 472 g/mol. The lowest BCUT2D eigenvalue weighted by Crippen LogP contribution is -2.50. The zero-order chi connectivity index (χ0) is 24.1. The largest absolute Gasteiger partial charge is 0.367 e. The number of amides is 5. The highest BCUT2D eigenvalue weighted by molar-refractivity contribution is 8.04. The molecule has 2 aromatic rings. The molecule has 0 radical (unpaired) electrons. The van der Waals surface area contributed by atoms with Crippen molar-refractivity contribution in [3.8, 4) is 0 Å². The van der Waals surface area contributed by atoms with Gasteiger partial charge >= 0.3 is 6.03 Å². The van der Waals surface area contributed by atoms with Crippen molar-refractivity contribution in [1.29, 1.82) is 0 Å². The van der Waals surface area contributed by atoms with Crippen LogP contribution in [0.4, 0.5) is 10.6 Å². The Labute approximate surface area is 203 Å². The molecule has 3 fully saturated rings. The Morgan fingerprint density at radius 2 is 2.09 bits per heavy atom. The molecule has 3 aliphatic heterocycles. The van der Waals surface area contributed by atoms with Crippen LogP contribution >= 0.6 is 11.8 Å². The van der Waals surface area contributed by atoms with Crippen LogP contribution in [0.3, 0.4) is 0 Å². The van der Waals surface area contributed by atoms with Crippen molar-refractivity contribution in [2.75, 3.05) is 25.0 Å². The molecule has 12 nitrogen and oxygen atoms in total. The van der Waals surface area contributed by atoms with Gasteiger partial charge in [-0.05, 0) is 25.3 Å². The molecule has 5 amide bonds. The number of allylic oxidation sites excluding steroid dienone is 1. The van der Waals surface area contributed by atoms with Crippen LogP contribution in [0, 0.1) is 0 Å². The van der Waals surface area contributed by atoms with E-state index in [0.717, 1.165) is 24.4 Å². The number of fused-ring (bicyclic) bond motifs is 1. The van der Waals surface area contributed by atoms with Crippen LogP contribution < -0.4 is 21.3 Å². The third-order valence-electron chi connectivity index (χ3n) is 6.12. The minimum atomic E-state index is -0.570. The molecule has 1 atom stereocenters. The van der Waals surface area contributed by atoms with Crippen LogP contribution in [0.15, 0.2) is 28.9 Å². The molecule has 0 aromatic carbocycles. The van der Waals surface area contributed by atoms with Gasteiger partial charge in [-0.1, -0.05) is 6.08 Å². The molecule has 5 heterocycles. The monoisotopic (exact) mass is 494 g/mol. The molecule has 4 aliphatic rings. The Morgan fingerprint density at radius 3 is 2.83 bits per heavy atom. The van der Waals surface area contributed by atoms with Gasteiger partial charge in [-0.15, -0.1) is 11.8 Å². The number of imide groups is 1. The second-order valence-corrected chi connectivity index (χ2v) is 10.0. The van der Waals surface area contributed by atoms with E-state index in [0.29, 0.717) is 41.7 Å². The molecule has 2 aromatic heterocycles. The summed E-state index contributed by atoms with van der Waals surface area (Å²) in [4.78, 5) is 55.2. The summed E-state index contributed by atoms with van der Waals surface area (Å²) in [7, 11) is 0. The third kappa shape index (κ3) is 4.22. The Balaban J connectivity index is 1.29. The predicted molar refractivity (Wildman–Crippen MR) is 127 cm³/mol. The van der Waals surface area contributed by atoms with E-state index in [2.05, 4.69) is 26.4 Å². The Bertz CT molecular complexity index is 1340. The molecule has 4 N–H and O–H groups in total. The summed E-state index contributed by atoms with van der Waals surface area (Å²) in [5.74, 6) is -0.0123. The molecule has 0 spiro atoms. The van der Waals surface area contributed by atoms with Crippen LogP contribution in [0.1, 0.15) is 35.8 Å². The summed E-state index contributed by atoms with van der Waals surface area (Å²) in [6.07, 6.45) is 7.83. The lowest BCUT2D eigenvalue weighted by Gasteiger charge is -2.27. The van der Waals surface area contributed by atoms with Crippen LogP contribution in [-0.2, 0) is 14.4 Å². The number of carbonyl (C=O) groups excluding carboxylic acids is 4. The highest BCUT2D eigenvalue weighted by Crippen LogP contribution is 2.44. The zero-order valence-electron chi connectivity index (χ0n) is 18.5. The fraction of sp³-hybridized carbons (Fsp3) is 0.364. The lowest BCUT2D eigenvalue weighted by atomic mass is 10.2. The Hall–Kier alpha value is -3.87. The van der Waals surface area contributed by atoms with Gasteiger partial charge in [0.15, 0.2) is 5.65 Å². The predicted octanol–water partition coefficient (Wildman–Crippen LogP) is 0.504. The SMILES string of the molecule is O=C1CN(C(=O)C2=CCC(c3cc(NC4CC4)n4ncc(/C=C5\NC(=O)NC5=O)c4n3)S2)CCN1. The summed E-state index contributed by atoms with van der Waals surface area (Å²) >= 11 is 1.44. The topological polar surface area (TPSA) is 150 Å². The number of thioether (sulfide) groups is 1. The smallest absolute Gasteiger partial charge is 0.326 e. The highest BCUT2D eigenvalue weighted by atomic mass is 32.2. The first-order chi connectivity index (χ1) is 16.9. The van der Waals surface area contributed by atoms with Gasteiger partial charge in [0, 0.05) is 30.8 Å². The average molecular weight is 495 g/mol. The van der Waals surface area contributed by atoms with Gasteiger partial charge in [0.1, 0.15) is 11.5 Å². The maximum Gasteiger partial charge on any atom is 0.326 e. The van der Waals surface area contributed by atoms with Crippen molar-refractivity contribution in [3.63, 3.8) is 0 Å². The van der Waals surface area contributed by atoms with Gasteiger partial charge < -0.3 is 20.9 Å². The number of hydrogen-bond acceptors (Lipinski definition) is 8. The average Bonchev–Trinajstić information content (AvgIpc) is 3.22. The fourth-order valence-corrected chi connectivity index (χ4v) is 5.36. The number of hydrogen-bond donors (Lipinski definition) is 4. The summed E-state index contributed by atoms with van der Waals surface area (Å²) in [6.45, 7) is 1.02. The fourth-order valence-electron chi connectivity index (χ4n) is 4.19. The molecule has 1 saturated carbocycles. The number of urea groups is 1. The molecule has 180 valence electrons. The molecule has 13 heteroatoms. The van der Waals surface area contributed by atoms with E-state index >= 15 is 0 Å². The molecule has 1 unspecified atom stereocenters. The molecule has 2 saturated heterocycles. The second kappa shape index (κ2) is 8.41. The Kier molecular flexibility index (Phi) is 5.20. The number of nitrogens with one attached hydrogen (secondary N) is 4. The number of carbonyl (C=O) groups is 4. The van der Waals surface area contributed by atoms with Crippen LogP contribution in [0.2, 0.25) is 0 Å². The van der Waals surface area contributed by atoms with E-state index in [-0.39, 0.29) is 29.3 Å². The van der Waals surface area contributed by atoms with Gasteiger partial charge in [0.2, 0.25) is 5.91 Å². The summed E-state index contributed by atoms with van der Waals surface area (Å²) in [5.41, 5.74) is 2.04. The van der Waals surface area contributed by atoms with E-state index in [1.807, 2.05) is 12.1 Å². The Morgan fingerprint density at radius 1 is 1.23 bits per heavy atom. The first-order valence-electron chi connectivity index (χ1n) is 11.4. The van der Waals surface area contributed by atoms with Gasteiger partial charge in [0.25, 0.3) is 11.8 Å². The van der Waals surface area contributed by atoms with Crippen LogP contribution in [0.5, 0.6) is 0 Å². The van der Waals surface area contributed by atoms with Gasteiger partial charge in [-0.3, -0.25) is 19.7 Å². The van der Waals surface area contributed by atoms with Crippen LogP contribution in [0.25, 0.3) is 11.7 Å². The first kappa shape index (κ1) is 21.6.